The van der Waals surface area contributed by atoms with Crippen molar-refractivity contribution in [1.82, 2.24) is 4.90 Å². The number of carboxylic acids is 1. The first kappa shape index (κ1) is 14.9. The van der Waals surface area contributed by atoms with E-state index in [9.17, 15) is 9.59 Å². The summed E-state index contributed by atoms with van der Waals surface area (Å²) >= 11 is 0. The smallest absolute Gasteiger partial charge is 0.329 e. The molecule has 18 heavy (non-hydrogen) atoms. The van der Waals surface area contributed by atoms with Gasteiger partial charge in [0, 0.05) is 0 Å². The van der Waals surface area contributed by atoms with Gasteiger partial charge in [-0.25, -0.2) is 4.79 Å². The fourth-order valence-electron chi connectivity index (χ4n) is 1.95. The average molecular weight is 258 g/mol. The summed E-state index contributed by atoms with van der Waals surface area (Å²) < 4.78 is 5.24. The van der Waals surface area contributed by atoms with Crippen LogP contribution in [0.2, 0.25) is 0 Å². The normalized spacial score (nSPS) is 21.0. The van der Waals surface area contributed by atoms with Gasteiger partial charge in [-0.15, -0.1) is 0 Å². The van der Waals surface area contributed by atoms with Crippen LogP contribution in [0, 0.1) is 5.92 Å². The molecule has 1 unspecified atom stereocenters. The van der Waals surface area contributed by atoms with E-state index in [0.717, 1.165) is 6.42 Å². The van der Waals surface area contributed by atoms with E-state index in [1.165, 1.54) is 0 Å². The summed E-state index contributed by atoms with van der Waals surface area (Å²) in [6.07, 6.45) is 0.855. The van der Waals surface area contributed by atoms with Crippen molar-refractivity contribution in [3.05, 3.63) is 0 Å². The molecule has 0 spiro atoms. The molecule has 1 aliphatic rings. The highest BCUT2D eigenvalue weighted by Crippen LogP contribution is 2.26. The molecule has 1 fully saturated rings. The number of carbonyl (C=O) groups excluding carboxylic acids is 1. The van der Waals surface area contributed by atoms with E-state index in [1.807, 2.05) is 13.8 Å². The molecule has 6 nitrogen and oxygen atoms in total. The third kappa shape index (κ3) is 3.43. The Kier molecular flexibility index (Phi) is 4.70. The van der Waals surface area contributed by atoms with Gasteiger partial charge in [-0.3, -0.25) is 4.79 Å². The van der Waals surface area contributed by atoms with Crippen LogP contribution in [0.1, 0.15) is 27.2 Å². The van der Waals surface area contributed by atoms with E-state index in [4.69, 9.17) is 15.6 Å². The van der Waals surface area contributed by atoms with E-state index in [2.05, 4.69) is 0 Å². The lowest BCUT2D eigenvalue weighted by Gasteiger charge is -2.48. The number of nitrogens with two attached hydrogens (primary N) is 1. The Morgan fingerprint density at radius 1 is 1.50 bits per heavy atom. The van der Waals surface area contributed by atoms with Crippen LogP contribution >= 0.6 is 0 Å². The van der Waals surface area contributed by atoms with Crippen molar-refractivity contribution < 1.29 is 19.4 Å². The van der Waals surface area contributed by atoms with Gasteiger partial charge in [0.15, 0.2) is 0 Å². The minimum atomic E-state index is -1.00. The molecule has 1 rings (SSSR count). The Morgan fingerprint density at radius 2 is 2.06 bits per heavy atom. The van der Waals surface area contributed by atoms with Gasteiger partial charge >= 0.3 is 5.97 Å². The van der Waals surface area contributed by atoms with Gasteiger partial charge in [0.2, 0.25) is 5.91 Å². The maximum atomic E-state index is 12.0. The third-order valence-corrected chi connectivity index (χ3v) is 3.45. The highest BCUT2D eigenvalue weighted by atomic mass is 16.5. The fraction of sp³-hybridized carbons (Fsp3) is 0.833. The maximum absolute atomic E-state index is 12.0. The van der Waals surface area contributed by atoms with Gasteiger partial charge in [-0.05, 0) is 12.8 Å². The van der Waals surface area contributed by atoms with Crippen molar-refractivity contribution in [3.8, 4) is 0 Å². The lowest BCUT2D eigenvalue weighted by Crippen LogP contribution is -2.66. The minimum Gasteiger partial charge on any atom is -0.480 e. The fourth-order valence-corrected chi connectivity index (χ4v) is 1.95. The Bertz CT molecular complexity index is 326. The minimum absolute atomic E-state index is 0.0826. The number of hydrogen-bond donors (Lipinski definition) is 2. The number of rotatable bonds is 6. The number of likely N-dealkylation sites (tertiary alicyclic amines) is 1. The first-order valence-electron chi connectivity index (χ1n) is 6.19. The largest absolute Gasteiger partial charge is 0.480 e. The monoisotopic (exact) mass is 258 g/mol. The van der Waals surface area contributed by atoms with E-state index >= 15 is 0 Å². The lowest BCUT2D eigenvalue weighted by atomic mass is 9.92. The molecule has 0 aliphatic carbocycles. The zero-order valence-corrected chi connectivity index (χ0v) is 11.2. The SMILES string of the molecule is CCC(C)[C@H](N)C(=O)N1CC(C)(OCC(=O)O)C1. The molecule has 6 heteroatoms. The number of nitrogens with zero attached hydrogens (tertiary/aromatic N) is 1. The first-order chi connectivity index (χ1) is 8.29. The van der Waals surface area contributed by atoms with Crippen molar-refractivity contribution in [1.29, 1.82) is 0 Å². The van der Waals surface area contributed by atoms with Crippen LogP contribution in [-0.4, -0.2) is 53.2 Å². The Balaban J connectivity index is 2.41. The molecule has 1 aliphatic heterocycles. The average Bonchev–Trinajstić information content (AvgIpc) is 2.30. The molecule has 0 aromatic carbocycles. The van der Waals surface area contributed by atoms with Crippen molar-refractivity contribution in [2.45, 2.75) is 38.8 Å². The molecule has 0 aromatic rings. The highest BCUT2D eigenvalue weighted by molar-refractivity contribution is 5.83. The molecule has 0 saturated carbocycles. The second-order valence-electron chi connectivity index (χ2n) is 5.24. The number of carboxylic acid groups (broad SMARTS) is 1. The Hall–Kier alpha value is -1.14. The van der Waals surface area contributed by atoms with Crippen LogP contribution in [0.25, 0.3) is 0 Å². The van der Waals surface area contributed by atoms with Gasteiger partial charge in [0.05, 0.1) is 19.1 Å². The summed E-state index contributed by atoms with van der Waals surface area (Å²) in [6, 6.07) is -0.487. The zero-order chi connectivity index (χ0) is 13.9. The number of hydrogen-bond acceptors (Lipinski definition) is 4. The quantitative estimate of drug-likeness (QED) is 0.703. The van der Waals surface area contributed by atoms with E-state index < -0.39 is 17.6 Å². The second-order valence-corrected chi connectivity index (χ2v) is 5.24. The van der Waals surface area contributed by atoms with E-state index in [1.54, 1.807) is 11.8 Å². The maximum Gasteiger partial charge on any atom is 0.329 e. The van der Waals surface area contributed by atoms with Crippen molar-refractivity contribution >= 4 is 11.9 Å². The molecular weight excluding hydrogens is 236 g/mol. The topological polar surface area (TPSA) is 92.9 Å². The summed E-state index contributed by atoms with van der Waals surface area (Å²) in [5.74, 6) is -0.942. The molecule has 0 aromatic heterocycles. The van der Waals surface area contributed by atoms with Crippen molar-refractivity contribution in [2.75, 3.05) is 19.7 Å². The number of ether oxygens (including phenoxy) is 1. The summed E-state index contributed by atoms with van der Waals surface area (Å²) in [5.41, 5.74) is 5.31. The molecule has 1 amide bonds. The van der Waals surface area contributed by atoms with Gasteiger partial charge in [0.1, 0.15) is 12.2 Å². The number of carbonyl (C=O) groups is 2. The second kappa shape index (κ2) is 5.67. The molecule has 104 valence electrons. The summed E-state index contributed by atoms with van der Waals surface area (Å²) in [5, 5.41) is 8.54. The lowest BCUT2D eigenvalue weighted by molar-refractivity contribution is -0.174. The van der Waals surface area contributed by atoms with Gasteiger partial charge in [-0.2, -0.15) is 0 Å². The van der Waals surface area contributed by atoms with E-state index in [0.29, 0.717) is 13.1 Å². The van der Waals surface area contributed by atoms with Gasteiger partial charge < -0.3 is 20.5 Å². The van der Waals surface area contributed by atoms with Gasteiger partial charge in [0.25, 0.3) is 0 Å². The number of amides is 1. The standard InChI is InChI=1S/C12H22N2O4/c1-4-8(2)10(13)11(17)14-6-12(3,7-14)18-5-9(15)16/h8,10H,4-7,13H2,1-3H3,(H,15,16)/t8?,10-/m0/s1. The van der Waals surface area contributed by atoms with Crippen molar-refractivity contribution in [3.63, 3.8) is 0 Å². The molecule has 0 radical (unpaired) electrons. The molecular formula is C12H22N2O4. The predicted octanol–water partition coefficient (Wildman–Crippen LogP) is 0.0619. The van der Waals surface area contributed by atoms with Crippen LogP contribution < -0.4 is 5.73 Å². The molecule has 1 heterocycles. The van der Waals surface area contributed by atoms with Crippen LogP contribution in [0.15, 0.2) is 0 Å². The van der Waals surface area contributed by atoms with Gasteiger partial charge in [-0.1, -0.05) is 20.3 Å². The summed E-state index contributed by atoms with van der Waals surface area (Å²) in [4.78, 5) is 24.0. The molecule has 0 bridgehead atoms. The third-order valence-electron chi connectivity index (χ3n) is 3.45. The Morgan fingerprint density at radius 3 is 2.50 bits per heavy atom. The van der Waals surface area contributed by atoms with Crippen LogP contribution in [0.4, 0.5) is 0 Å². The predicted molar refractivity (Wildman–Crippen MR) is 66.0 cm³/mol. The van der Waals surface area contributed by atoms with Crippen molar-refractivity contribution in [2.24, 2.45) is 11.7 Å². The molecule has 1 saturated heterocycles. The molecule has 2 atom stereocenters. The highest BCUT2D eigenvalue weighted by Gasteiger charge is 2.44. The van der Waals surface area contributed by atoms with Crippen LogP contribution in [0.3, 0.4) is 0 Å². The molecule has 3 N–H and O–H groups in total. The summed E-state index contributed by atoms with van der Waals surface area (Å²) in [6.45, 7) is 6.22. The van der Waals surface area contributed by atoms with E-state index in [-0.39, 0.29) is 18.4 Å². The van der Waals surface area contributed by atoms with Crippen LogP contribution in [0.5, 0.6) is 0 Å². The number of aliphatic carboxylic acids is 1. The first-order valence-corrected chi connectivity index (χ1v) is 6.19. The Labute approximate surface area is 107 Å². The summed E-state index contributed by atoms with van der Waals surface area (Å²) in [7, 11) is 0. The zero-order valence-electron chi connectivity index (χ0n) is 11.2. The van der Waals surface area contributed by atoms with Crippen LogP contribution in [-0.2, 0) is 14.3 Å².